The number of fused-ring (bicyclic) bond motifs is 1. The standard InChI is InChI=1S/C18H19NO2/c1-12-6-5-7-13(2)15(12)11-20-18-14-8-3-4-9-16(14)21-17(18)10-19/h3-9H,10-11,19H2,1-2H3. The fraction of sp³-hybridized carbons (Fsp3) is 0.222. The number of aryl methyl sites for hydroxylation is 2. The van der Waals surface area contributed by atoms with Gasteiger partial charge in [-0.2, -0.15) is 0 Å². The summed E-state index contributed by atoms with van der Waals surface area (Å²) in [6.45, 7) is 5.05. The minimum Gasteiger partial charge on any atom is -0.484 e. The minimum atomic E-state index is 0.330. The second kappa shape index (κ2) is 5.62. The molecule has 2 aromatic carbocycles. The molecule has 3 heteroatoms. The Kier molecular flexibility index (Phi) is 3.67. The highest BCUT2D eigenvalue weighted by Gasteiger charge is 2.15. The van der Waals surface area contributed by atoms with E-state index in [4.69, 9.17) is 14.9 Å². The summed E-state index contributed by atoms with van der Waals surface area (Å²) in [4.78, 5) is 0. The van der Waals surface area contributed by atoms with E-state index in [1.54, 1.807) is 0 Å². The number of furan rings is 1. The molecule has 0 unspecified atom stereocenters. The lowest BCUT2D eigenvalue weighted by molar-refractivity contribution is 0.297. The van der Waals surface area contributed by atoms with Gasteiger partial charge in [0.15, 0.2) is 11.5 Å². The number of benzene rings is 2. The second-order valence-corrected chi connectivity index (χ2v) is 5.21. The molecule has 0 saturated heterocycles. The Balaban J connectivity index is 1.95. The first kappa shape index (κ1) is 13.7. The van der Waals surface area contributed by atoms with E-state index in [9.17, 15) is 0 Å². The van der Waals surface area contributed by atoms with E-state index in [1.165, 1.54) is 16.7 Å². The molecule has 0 bridgehead atoms. The molecule has 0 aliphatic rings. The monoisotopic (exact) mass is 281 g/mol. The van der Waals surface area contributed by atoms with Gasteiger partial charge in [-0.15, -0.1) is 0 Å². The van der Waals surface area contributed by atoms with Gasteiger partial charge in [0.2, 0.25) is 0 Å². The summed E-state index contributed by atoms with van der Waals surface area (Å²) in [5.74, 6) is 1.46. The van der Waals surface area contributed by atoms with Crippen molar-refractivity contribution in [3.63, 3.8) is 0 Å². The Hall–Kier alpha value is -2.26. The predicted octanol–water partition coefficient (Wildman–Crippen LogP) is 4.09. The van der Waals surface area contributed by atoms with E-state index in [0.717, 1.165) is 16.7 Å². The van der Waals surface area contributed by atoms with Crippen molar-refractivity contribution in [3.8, 4) is 5.75 Å². The van der Waals surface area contributed by atoms with Gasteiger partial charge < -0.3 is 14.9 Å². The molecule has 0 spiro atoms. The zero-order chi connectivity index (χ0) is 14.8. The van der Waals surface area contributed by atoms with Crippen LogP contribution in [0.15, 0.2) is 46.9 Å². The smallest absolute Gasteiger partial charge is 0.170 e. The molecule has 0 aliphatic heterocycles. The van der Waals surface area contributed by atoms with Crippen LogP contribution >= 0.6 is 0 Å². The van der Waals surface area contributed by atoms with Crippen molar-refractivity contribution < 1.29 is 9.15 Å². The molecule has 0 aliphatic carbocycles. The maximum Gasteiger partial charge on any atom is 0.170 e. The molecular formula is C18H19NO2. The van der Waals surface area contributed by atoms with Crippen LogP contribution in [-0.2, 0) is 13.2 Å². The molecule has 21 heavy (non-hydrogen) atoms. The molecule has 1 aromatic heterocycles. The van der Waals surface area contributed by atoms with Gasteiger partial charge in [-0.3, -0.25) is 0 Å². The average Bonchev–Trinajstić information content (AvgIpc) is 2.85. The van der Waals surface area contributed by atoms with Crippen molar-refractivity contribution in [2.45, 2.75) is 27.0 Å². The summed E-state index contributed by atoms with van der Waals surface area (Å²) in [5, 5.41) is 0.976. The lowest BCUT2D eigenvalue weighted by atomic mass is 10.0. The average molecular weight is 281 g/mol. The van der Waals surface area contributed by atoms with E-state index in [2.05, 4.69) is 32.0 Å². The van der Waals surface area contributed by atoms with E-state index in [-0.39, 0.29) is 0 Å². The van der Waals surface area contributed by atoms with Gasteiger partial charge in [-0.05, 0) is 42.7 Å². The maximum atomic E-state index is 6.06. The van der Waals surface area contributed by atoms with Crippen LogP contribution in [0, 0.1) is 13.8 Å². The lowest BCUT2D eigenvalue weighted by Crippen LogP contribution is -2.03. The van der Waals surface area contributed by atoms with Crippen molar-refractivity contribution >= 4 is 11.0 Å². The third kappa shape index (κ3) is 2.52. The Morgan fingerprint density at radius 2 is 1.71 bits per heavy atom. The van der Waals surface area contributed by atoms with Gasteiger partial charge in [0, 0.05) is 0 Å². The number of para-hydroxylation sites is 1. The molecule has 3 aromatic rings. The minimum absolute atomic E-state index is 0.330. The van der Waals surface area contributed by atoms with Crippen molar-refractivity contribution in [1.29, 1.82) is 0 Å². The molecule has 2 N–H and O–H groups in total. The van der Waals surface area contributed by atoms with Gasteiger partial charge >= 0.3 is 0 Å². The Morgan fingerprint density at radius 3 is 2.43 bits per heavy atom. The summed E-state index contributed by atoms with van der Waals surface area (Å²) < 4.78 is 11.8. The molecule has 0 amide bonds. The van der Waals surface area contributed by atoms with Crippen molar-refractivity contribution in [1.82, 2.24) is 0 Å². The highest BCUT2D eigenvalue weighted by Crippen LogP contribution is 2.33. The van der Waals surface area contributed by atoms with Crippen LogP contribution in [0.5, 0.6) is 5.75 Å². The van der Waals surface area contributed by atoms with Gasteiger partial charge in [0.25, 0.3) is 0 Å². The predicted molar refractivity (Wildman–Crippen MR) is 84.4 cm³/mol. The number of hydrogen-bond acceptors (Lipinski definition) is 3. The van der Waals surface area contributed by atoms with Gasteiger partial charge in [0.05, 0.1) is 11.9 Å². The van der Waals surface area contributed by atoms with E-state index < -0.39 is 0 Å². The normalized spacial score (nSPS) is 11.0. The third-order valence-electron chi connectivity index (χ3n) is 3.81. The van der Waals surface area contributed by atoms with Crippen LogP contribution in [0.1, 0.15) is 22.5 Å². The number of hydrogen-bond donors (Lipinski definition) is 1. The zero-order valence-electron chi connectivity index (χ0n) is 12.3. The first-order chi connectivity index (χ1) is 10.2. The van der Waals surface area contributed by atoms with Crippen molar-refractivity contribution in [2.75, 3.05) is 0 Å². The first-order valence-electron chi connectivity index (χ1n) is 7.09. The van der Waals surface area contributed by atoms with E-state index >= 15 is 0 Å². The Bertz CT molecular complexity index is 754. The quantitative estimate of drug-likeness (QED) is 0.783. The number of rotatable bonds is 4. The summed E-state index contributed by atoms with van der Waals surface area (Å²) in [6, 6.07) is 14.1. The maximum absolute atomic E-state index is 6.06. The lowest BCUT2D eigenvalue weighted by Gasteiger charge is -2.11. The molecule has 0 radical (unpaired) electrons. The molecule has 1 heterocycles. The highest BCUT2D eigenvalue weighted by atomic mass is 16.5. The SMILES string of the molecule is Cc1cccc(C)c1COc1c(CN)oc2ccccc12. The fourth-order valence-corrected chi connectivity index (χ4v) is 2.59. The molecule has 108 valence electrons. The third-order valence-corrected chi connectivity index (χ3v) is 3.81. The summed E-state index contributed by atoms with van der Waals surface area (Å²) in [6.07, 6.45) is 0. The number of nitrogens with two attached hydrogens (primary N) is 1. The number of ether oxygens (including phenoxy) is 1. The molecule has 0 saturated carbocycles. The molecule has 0 atom stereocenters. The molecule has 0 fully saturated rings. The molecule has 3 nitrogen and oxygen atoms in total. The summed E-state index contributed by atoms with van der Waals surface area (Å²) in [7, 11) is 0. The van der Waals surface area contributed by atoms with Crippen LogP contribution in [0.25, 0.3) is 11.0 Å². The van der Waals surface area contributed by atoms with Gasteiger partial charge in [-0.25, -0.2) is 0 Å². The topological polar surface area (TPSA) is 48.4 Å². The Labute approximate surface area is 124 Å². The van der Waals surface area contributed by atoms with Gasteiger partial charge in [0.1, 0.15) is 12.2 Å². The summed E-state index contributed by atoms with van der Waals surface area (Å²) in [5.41, 5.74) is 10.3. The van der Waals surface area contributed by atoms with Crippen molar-refractivity contribution in [2.24, 2.45) is 5.73 Å². The first-order valence-corrected chi connectivity index (χ1v) is 7.09. The second-order valence-electron chi connectivity index (χ2n) is 5.21. The van der Waals surface area contributed by atoms with Crippen LogP contribution in [-0.4, -0.2) is 0 Å². The zero-order valence-corrected chi connectivity index (χ0v) is 12.3. The molecule has 3 rings (SSSR count). The van der Waals surface area contributed by atoms with Gasteiger partial charge in [-0.1, -0.05) is 30.3 Å². The highest BCUT2D eigenvalue weighted by molar-refractivity contribution is 5.85. The van der Waals surface area contributed by atoms with Crippen LogP contribution < -0.4 is 10.5 Å². The van der Waals surface area contributed by atoms with E-state index in [0.29, 0.717) is 18.9 Å². The largest absolute Gasteiger partial charge is 0.484 e. The van der Waals surface area contributed by atoms with E-state index in [1.807, 2.05) is 24.3 Å². The Morgan fingerprint density at radius 1 is 1.00 bits per heavy atom. The van der Waals surface area contributed by atoms with Crippen LogP contribution in [0.4, 0.5) is 0 Å². The van der Waals surface area contributed by atoms with Crippen LogP contribution in [0.3, 0.4) is 0 Å². The molecular weight excluding hydrogens is 262 g/mol. The fourth-order valence-electron chi connectivity index (χ4n) is 2.59. The summed E-state index contributed by atoms with van der Waals surface area (Å²) >= 11 is 0. The van der Waals surface area contributed by atoms with Crippen molar-refractivity contribution in [3.05, 3.63) is 64.9 Å². The van der Waals surface area contributed by atoms with Crippen LogP contribution in [0.2, 0.25) is 0 Å².